The zero-order chi connectivity index (χ0) is 19.0. The van der Waals surface area contributed by atoms with Crippen molar-refractivity contribution in [3.8, 4) is 0 Å². The average molecular weight is 362 g/mol. The van der Waals surface area contributed by atoms with Gasteiger partial charge < -0.3 is 15.3 Å². The predicted octanol–water partition coefficient (Wildman–Crippen LogP) is 1.93. The normalized spacial score (nSPS) is 50.5. The number of aliphatic hydroxyl groups is 3. The van der Waals surface area contributed by atoms with Gasteiger partial charge in [0.25, 0.3) is 0 Å². The number of aliphatic hydroxyl groups excluding tert-OH is 1. The third kappa shape index (κ3) is 2.02. The molecular weight excluding hydrogens is 332 g/mol. The molecule has 0 heterocycles. The van der Waals surface area contributed by atoms with E-state index in [1.807, 2.05) is 6.92 Å². The van der Waals surface area contributed by atoms with Gasteiger partial charge in [-0.25, -0.2) is 0 Å². The molecule has 0 saturated heterocycles. The maximum atomic E-state index is 12.4. The van der Waals surface area contributed by atoms with Crippen molar-refractivity contribution in [1.82, 2.24) is 0 Å². The monoisotopic (exact) mass is 362 g/mol. The second-order valence-corrected chi connectivity index (χ2v) is 9.59. The number of Topliss-reactive ketones (excluding diaryl/α,β-unsaturated/α-hetero) is 1. The number of hydrogen-bond donors (Lipinski definition) is 3. The lowest BCUT2D eigenvalue weighted by atomic mass is 9.44. The summed E-state index contributed by atoms with van der Waals surface area (Å²) in [6, 6.07) is 0. The van der Waals surface area contributed by atoms with Crippen molar-refractivity contribution >= 4 is 11.6 Å². The topological polar surface area (TPSA) is 94.8 Å². The highest BCUT2D eigenvalue weighted by atomic mass is 16.3. The second kappa shape index (κ2) is 5.49. The van der Waals surface area contributed by atoms with E-state index in [2.05, 4.69) is 6.92 Å². The van der Waals surface area contributed by atoms with Crippen molar-refractivity contribution in [3.63, 3.8) is 0 Å². The van der Waals surface area contributed by atoms with Crippen molar-refractivity contribution in [2.24, 2.45) is 22.7 Å². The zero-order valence-electron chi connectivity index (χ0n) is 15.8. The van der Waals surface area contributed by atoms with Gasteiger partial charge in [0.05, 0.1) is 5.60 Å². The highest BCUT2D eigenvalue weighted by Crippen LogP contribution is 2.69. The first-order valence-electron chi connectivity index (χ1n) is 9.95. The van der Waals surface area contributed by atoms with Crippen LogP contribution in [0, 0.1) is 22.7 Å². The predicted molar refractivity (Wildman–Crippen MR) is 95.2 cm³/mol. The van der Waals surface area contributed by atoms with Gasteiger partial charge in [0, 0.05) is 11.8 Å². The van der Waals surface area contributed by atoms with Crippen LogP contribution in [0.3, 0.4) is 0 Å². The first-order valence-corrected chi connectivity index (χ1v) is 9.95. The molecule has 3 fully saturated rings. The Labute approximate surface area is 154 Å². The van der Waals surface area contributed by atoms with E-state index in [0.29, 0.717) is 38.5 Å². The van der Waals surface area contributed by atoms with Crippen molar-refractivity contribution in [2.75, 3.05) is 6.61 Å². The Kier molecular flexibility index (Phi) is 3.87. The number of ketones is 2. The summed E-state index contributed by atoms with van der Waals surface area (Å²) < 4.78 is 0. The molecule has 0 bridgehead atoms. The maximum absolute atomic E-state index is 12.4. The Balaban J connectivity index is 1.75. The van der Waals surface area contributed by atoms with Gasteiger partial charge in [0.2, 0.25) is 0 Å². The van der Waals surface area contributed by atoms with Crippen LogP contribution in [0.1, 0.15) is 65.2 Å². The first-order chi connectivity index (χ1) is 12.1. The summed E-state index contributed by atoms with van der Waals surface area (Å²) >= 11 is 0. The summed E-state index contributed by atoms with van der Waals surface area (Å²) in [5, 5.41) is 32.4. The molecule has 0 spiro atoms. The van der Waals surface area contributed by atoms with Crippen molar-refractivity contribution in [1.29, 1.82) is 0 Å². The fourth-order valence-corrected chi connectivity index (χ4v) is 7.24. The van der Waals surface area contributed by atoms with Gasteiger partial charge in [0.1, 0.15) is 12.2 Å². The smallest absolute Gasteiger partial charge is 0.190 e. The third-order valence-electron chi connectivity index (χ3n) is 8.80. The number of fused-ring (bicyclic) bond motifs is 5. The molecular formula is C21H30O5. The molecule has 4 aliphatic rings. The minimum Gasteiger partial charge on any atom is -0.389 e. The van der Waals surface area contributed by atoms with Gasteiger partial charge in [-0.3, -0.25) is 9.59 Å². The largest absolute Gasteiger partial charge is 0.389 e. The van der Waals surface area contributed by atoms with E-state index in [-0.39, 0.29) is 23.0 Å². The average Bonchev–Trinajstić information content (AvgIpc) is 2.88. The number of allylic oxidation sites excluding steroid dienone is 1. The minimum atomic E-state index is -1.55. The molecule has 0 radical (unpaired) electrons. The Morgan fingerprint density at radius 3 is 2.46 bits per heavy atom. The molecule has 0 aromatic heterocycles. The molecule has 144 valence electrons. The van der Waals surface area contributed by atoms with Gasteiger partial charge in [-0.15, -0.1) is 0 Å². The molecule has 3 N–H and O–H groups in total. The molecule has 0 aromatic rings. The summed E-state index contributed by atoms with van der Waals surface area (Å²) in [5.74, 6) is -0.444. The molecule has 4 aliphatic carbocycles. The van der Waals surface area contributed by atoms with E-state index < -0.39 is 29.0 Å². The van der Waals surface area contributed by atoms with Crippen LogP contribution >= 0.6 is 0 Å². The van der Waals surface area contributed by atoms with Gasteiger partial charge in [-0.05, 0) is 68.3 Å². The number of hydrogen-bond acceptors (Lipinski definition) is 5. The Morgan fingerprint density at radius 1 is 1.08 bits per heavy atom. The highest BCUT2D eigenvalue weighted by molar-refractivity contribution is 5.92. The molecule has 0 aliphatic heterocycles. The fourth-order valence-electron chi connectivity index (χ4n) is 7.24. The van der Waals surface area contributed by atoms with E-state index in [1.54, 1.807) is 6.08 Å². The molecule has 3 saturated carbocycles. The second-order valence-electron chi connectivity index (χ2n) is 9.59. The van der Waals surface area contributed by atoms with Crippen LogP contribution in [0.5, 0.6) is 0 Å². The summed E-state index contributed by atoms with van der Waals surface area (Å²) in [5.41, 5.74) is -2.19. The van der Waals surface area contributed by atoms with E-state index >= 15 is 0 Å². The number of carbonyl (C=O) groups is 2. The van der Waals surface area contributed by atoms with Crippen LogP contribution in [0.2, 0.25) is 0 Å². The zero-order valence-corrected chi connectivity index (χ0v) is 15.8. The van der Waals surface area contributed by atoms with Gasteiger partial charge in [0.15, 0.2) is 11.6 Å². The summed E-state index contributed by atoms with van der Waals surface area (Å²) in [7, 11) is 0. The van der Waals surface area contributed by atoms with E-state index in [4.69, 9.17) is 0 Å². The summed E-state index contributed by atoms with van der Waals surface area (Å²) in [6.45, 7) is 3.45. The summed E-state index contributed by atoms with van der Waals surface area (Å²) in [6.07, 6.45) is 6.67. The van der Waals surface area contributed by atoms with Gasteiger partial charge >= 0.3 is 0 Å². The Morgan fingerprint density at radius 2 is 1.77 bits per heavy atom. The molecule has 5 heteroatoms. The standard InChI is InChI=1S/C21H30O5/c1-18-7-4-14(23)11-13(18)3-9-20(25)15(18)5-8-19(2)16(20)6-10-21(19,26)17(24)12-22/h11,15-16,22,25-26H,3-10,12H2,1-2H3/t15-,16-,18+,19+,20+,21-/m1/s1. The lowest BCUT2D eigenvalue weighted by Crippen LogP contribution is -2.65. The van der Waals surface area contributed by atoms with E-state index in [0.717, 1.165) is 12.8 Å². The first kappa shape index (κ1) is 18.3. The molecule has 0 unspecified atom stereocenters. The molecule has 0 aromatic carbocycles. The molecule has 0 amide bonds. The fraction of sp³-hybridized carbons (Fsp3) is 0.810. The van der Waals surface area contributed by atoms with Crippen LogP contribution in [0.15, 0.2) is 11.6 Å². The lowest BCUT2D eigenvalue weighted by Gasteiger charge is -2.62. The number of carbonyl (C=O) groups excluding carboxylic acids is 2. The quantitative estimate of drug-likeness (QED) is 0.698. The van der Waals surface area contributed by atoms with Crippen molar-refractivity contribution in [2.45, 2.75) is 76.4 Å². The van der Waals surface area contributed by atoms with Crippen LogP contribution < -0.4 is 0 Å². The van der Waals surface area contributed by atoms with Gasteiger partial charge in [-0.1, -0.05) is 19.4 Å². The number of rotatable bonds is 2. The van der Waals surface area contributed by atoms with E-state index in [9.17, 15) is 24.9 Å². The Hall–Kier alpha value is -1.04. The van der Waals surface area contributed by atoms with Crippen LogP contribution in [-0.4, -0.2) is 44.7 Å². The van der Waals surface area contributed by atoms with Crippen LogP contribution in [0.4, 0.5) is 0 Å². The Bertz CT molecular complexity index is 699. The van der Waals surface area contributed by atoms with Crippen molar-refractivity contribution < 1.29 is 24.9 Å². The highest BCUT2D eigenvalue weighted by Gasteiger charge is 2.70. The van der Waals surface area contributed by atoms with Crippen molar-refractivity contribution in [3.05, 3.63) is 11.6 Å². The van der Waals surface area contributed by atoms with Crippen LogP contribution in [0.25, 0.3) is 0 Å². The van der Waals surface area contributed by atoms with E-state index in [1.165, 1.54) is 5.57 Å². The van der Waals surface area contributed by atoms with Gasteiger partial charge in [-0.2, -0.15) is 0 Å². The molecule has 6 atom stereocenters. The molecule has 5 nitrogen and oxygen atoms in total. The molecule has 26 heavy (non-hydrogen) atoms. The molecule has 4 rings (SSSR count). The SMILES string of the molecule is C[C@]12CCC(=O)C=C1CC[C@]1(O)[C@@H]2CC[C@@]2(C)[C@H]1CC[C@@]2(O)C(=O)CO. The minimum absolute atomic E-state index is 0.0488. The lowest BCUT2D eigenvalue weighted by molar-refractivity contribution is -0.211. The summed E-state index contributed by atoms with van der Waals surface area (Å²) in [4.78, 5) is 24.3. The third-order valence-corrected chi connectivity index (χ3v) is 8.80. The maximum Gasteiger partial charge on any atom is 0.190 e. The van der Waals surface area contributed by atoms with Crippen LogP contribution in [-0.2, 0) is 9.59 Å².